The minimum atomic E-state index is -0.639. The van der Waals surface area contributed by atoms with Gasteiger partial charge in [0.2, 0.25) is 0 Å². The Kier molecular flexibility index (Phi) is 5.89. The summed E-state index contributed by atoms with van der Waals surface area (Å²) in [5.41, 5.74) is 5.08. The SMILES string of the molecule is CC(C)CCCCNC(=O)c1cc(N)ncc1[N+](=O)[O-]. The molecule has 7 heteroatoms. The smallest absolute Gasteiger partial charge is 0.300 e. The summed E-state index contributed by atoms with van der Waals surface area (Å²) in [6, 6.07) is 1.22. The standard InChI is InChI=1S/C13H20N4O3/c1-9(2)5-3-4-6-15-13(18)10-7-12(14)16-8-11(10)17(19)20/h7-9H,3-6H2,1-2H3,(H2,14,16)(H,15,18). The number of nitrogens with one attached hydrogen (secondary N) is 1. The summed E-state index contributed by atoms with van der Waals surface area (Å²) < 4.78 is 0. The van der Waals surface area contributed by atoms with Crippen molar-refractivity contribution in [3.8, 4) is 0 Å². The molecule has 1 aromatic rings. The lowest BCUT2D eigenvalue weighted by Gasteiger charge is -2.07. The van der Waals surface area contributed by atoms with Crippen LogP contribution in [0.15, 0.2) is 12.3 Å². The predicted molar refractivity (Wildman–Crippen MR) is 76.3 cm³/mol. The van der Waals surface area contributed by atoms with Crippen molar-refractivity contribution in [2.24, 2.45) is 5.92 Å². The normalized spacial score (nSPS) is 10.6. The van der Waals surface area contributed by atoms with E-state index in [-0.39, 0.29) is 17.1 Å². The van der Waals surface area contributed by atoms with Gasteiger partial charge in [-0.25, -0.2) is 4.98 Å². The molecule has 0 saturated carbocycles. The van der Waals surface area contributed by atoms with E-state index in [2.05, 4.69) is 24.1 Å². The molecule has 0 aliphatic rings. The lowest BCUT2D eigenvalue weighted by molar-refractivity contribution is -0.385. The van der Waals surface area contributed by atoms with Crippen LogP contribution in [0, 0.1) is 16.0 Å². The fourth-order valence-corrected chi connectivity index (χ4v) is 1.77. The maximum Gasteiger partial charge on any atom is 0.300 e. The number of aromatic nitrogens is 1. The fraction of sp³-hybridized carbons (Fsp3) is 0.538. The number of carbonyl (C=O) groups is 1. The van der Waals surface area contributed by atoms with Gasteiger partial charge in [0, 0.05) is 6.54 Å². The van der Waals surface area contributed by atoms with Gasteiger partial charge in [0.05, 0.1) is 4.92 Å². The highest BCUT2D eigenvalue weighted by Crippen LogP contribution is 2.18. The number of rotatable bonds is 7. The van der Waals surface area contributed by atoms with Crippen molar-refractivity contribution in [2.75, 3.05) is 12.3 Å². The molecule has 110 valence electrons. The van der Waals surface area contributed by atoms with Crippen molar-refractivity contribution in [2.45, 2.75) is 33.1 Å². The van der Waals surface area contributed by atoms with Gasteiger partial charge < -0.3 is 11.1 Å². The van der Waals surface area contributed by atoms with Crippen molar-refractivity contribution in [3.05, 3.63) is 27.9 Å². The summed E-state index contributed by atoms with van der Waals surface area (Å²) in [5.74, 6) is 0.225. The van der Waals surface area contributed by atoms with Gasteiger partial charge in [-0.1, -0.05) is 26.7 Å². The zero-order valence-corrected chi connectivity index (χ0v) is 11.8. The summed E-state index contributed by atoms with van der Waals surface area (Å²) in [6.45, 7) is 4.77. The van der Waals surface area contributed by atoms with Gasteiger partial charge in [-0.15, -0.1) is 0 Å². The van der Waals surface area contributed by atoms with Crippen molar-refractivity contribution in [1.82, 2.24) is 10.3 Å². The van der Waals surface area contributed by atoms with E-state index in [9.17, 15) is 14.9 Å². The Bertz CT molecular complexity index is 489. The first-order chi connectivity index (χ1) is 9.41. The van der Waals surface area contributed by atoms with Gasteiger partial charge >= 0.3 is 0 Å². The highest BCUT2D eigenvalue weighted by molar-refractivity contribution is 5.98. The molecule has 0 saturated heterocycles. The highest BCUT2D eigenvalue weighted by atomic mass is 16.6. The molecule has 20 heavy (non-hydrogen) atoms. The molecule has 1 aromatic heterocycles. The van der Waals surface area contributed by atoms with Crippen molar-refractivity contribution in [1.29, 1.82) is 0 Å². The number of pyridine rings is 1. The lowest BCUT2D eigenvalue weighted by Crippen LogP contribution is -2.25. The number of unbranched alkanes of at least 4 members (excludes halogenated alkanes) is 1. The van der Waals surface area contributed by atoms with Gasteiger partial charge in [-0.3, -0.25) is 14.9 Å². The molecule has 0 aliphatic carbocycles. The van der Waals surface area contributed by atoms with Crippen LogP contribution in [0.3, 0.4) is 0 Å². The molecule has 0 radical (unpaired) electrons. The second kappa shape index (κ2) is 7.42. The van der Waals surface area contributed by atoms with E-state index < -0.39 is 10.8 Å². The zero-order valence-electron chi connectivity index (χ0n) is 11.8. The van der Waals surface area contributed by atoms with Crippen molar-refractivity contribution in [3.63, 3.8) is 0 Å². The summed E-state index contributed by atoms with van der Waals surface area (Å²) in [5, 5.41) is 13.5. The van der Waals surface area contributed by atoms with Crippen LogP contribution < -0.4 is 11.1 Å². The van der Waals surface area contributed by atoms with Crippen LogP contribution in [0.5, 0.6) is 0 Å². The largest absolute Gasteiger partial charge is 0.384 e. The van der Waals surface area contributed by atoms with Gasteiger partial charge in [0.25, 0.3) is 11.6 Å². The first-order valence-electron chi connectivity index (χ1n) is 6.60. The number of anilines is 1. The number of hydrogen-bond donors (Lipinski definition) is 2. The third-order valence-corrected chi connectivity index (χ3v) is 2.84. The van der Waals surface area contributed by atoms with Crippen LogP contribution in [0.2, 0.25) is 0 Å². The molecule has 0 spiro atoms. The van der Waals surface area contributed by atoms with Gasteiger partial charge in [-0.05, 0) is 18.4 Å². The minimum absolute atomic E-state index is 0.0497. The van der Waals surface area contributed by atoms with E-state index >= 15 is 0 Å². The van der Waals surface area contributed by atoms with Crippen molar-refractivity contribution < 1.29 is 9.72 Å². The number of nitro groups is 1. The topological polar surface area (TPSA) is 111 Å². The molecule has 1 heterocycles. The van der Waals surface area contributed by atoms with Crippen LogP contribution in [-0.4, -0.2) is 22.4 Å². The molecule has 1 rings (SSSR count). The molecule has 0 bridgehead atoms. The summed E-state index contributed by atoms with van der Waals surface area (Å²) in [6.07, 6.45) is 3.96. The Morgan fingerprint density at radius 1 is 1.50 bits per heavy atom. The molecule has 0 aliphatic heterocycles. The second-order valence-electron chi connectivity index (χ2n) is 5.03. The van der Waals surface area contributed by atoms with E-state index in [4.69, 9.17) is 5.73 Å². The van der Waals surface area contributed by atoms with Gasteiger partial charge in [0.15, 0.2) is 0 Å². The third kappa shape index (κ3) is 4.83. The van der Waals surface area contributed by atoms with Crippen LogP contribution in [-0.2, 0) is 0 Å². The Balaban J connectivity index is 2.59. The molecule has 0 atom stereocenters. The number of hydrogen-bond acceptors (Lipinski definition) is 5. The molecule has 0 fully saturated rings. The van der Waals surface area contributed by atoms with Crippen LogP contribution in [0.25, 0.3) is 0 Å². The Morgan fingerprint density at radius 3 is 2.80 bits per heavy atom. The molecule has 0 unspecified atom stereocenters. The summed E-state index contributed by atoms with van der Waals surface area (Å²) in [4.78, 5) is 25.7. The fourth-order valence-electron chi connectivity index (χ4n) is 1.77. The lowest BCUT2D eigenvalue weighted by atomic mass is 10.1. The van der Waals surface area contributed by atoms with E-state index in [1.165, 1.54) is 6.07 Å². The monoisotopic (exact) mass is 280 g/mol. The summed E-state index contributed by atoms with van der Waals surface area (Å²) >= 11 is 0. The zero-order chi connectivity index (χ0) is 15.1. The average Bonchev–Trinajstić information content (AvgIpc) is 2.37. The maximum atomic E-state index is 11.9. The molecular weight excluding hydrogens is 260 g/mol. The van der Waals surface area contributed by atoms with Crippen LogP contribution in [0.1, 0.15) is 43.5 Å². The predicted octanol–water partition coefficient (Wildman–Crippen LogP) is 2.13. The van der Waals surface area contributed by atoms with Crippen molar-refractivity contribution >= 4 is 17.4 Å². The number of nitrogens with zero attached hydrogens (tertiary/aromatic N) is 2. The molecule has 1 amide bonds. The van der Waals surface area contributed by atoms with Crippen LogP contribution >= 0.6 is 0 Å². The Labute approximate surface area is 117 Å². The number of nitrogen functional groups attached to an aromatic ring is 1. The maximum absolute atomic E-state index is 11.9. The van der Waals surface area contributed by atoms with Gasteiger partial charge in [0.1, 0.15) is 17.6 Å². The Hall–Kier alpha value is -2.18. The molecule has 7 nitrogen and oxygen atoms in total. The molecular formula is C13H20N4O3. The van der Waals surface area contributed by atoms with E-state index in [0.29, 0.717) is 12.5 Å². The number of nitrogens with two attached hydrogens (primary N) is 1. The third-order valence-electron chi connectivity index (χ3n) is 2.84. The summed E-state index contributed by atoms with van der Waals surface area (Å²) in [7, 11) is 0. The van der Waals surface area contributed by atoms with Gasteiger partial charge in [-0.2, -0.15) is 0 Å². The van der Waals surface area contributed by atoms with E-state index in [0.717, 1.165) is 25.5 Å². The quantitative estimate of drug-likeness (QED) is 0.451. The molecule has 0 aromatic carbocycles. The Morgan fingerprint density at radius 2 is 2.20 bits per heavy atom. The molecule has 3 N–H and O–H groups in total. The number of carbonyl (C=O) groups excluding carboxylic acids is 1. The first-order valence-corrected chi connectivity index (χ1v) is 6.60. The minimum Gasteiger partial charge on any atom is -0.384 e. The van der Waals surface area contributed by atoms with E-state index in [1.54, 1.807) is 0 Å². The first kappa shape index (κ1) is 15.9. The average molecular weight is 280 g/mol. The second-order valence-corrected chi connectivity index (χ2v) is 5.03. The van der Waals surface area contributed by atoms with Crippen LogP contribution in [0.4, 0.5) is 11.5 Å². The number of amides is 1. The highest BCUT2D eigenvalue weighted by Gasteiger charge is 2.20. The van der Waals surface area contributed by atoms with E-state index in [1.807, 2.05) is 0 Å².